The number of ether oxygens (including phenoxy) is 1. The number of aryl methyl sites for hydroxylation is 1. The van der Waals surface area contributed by atoms with Gasteiger partial charge >= 0.3 is 5.69 Å². The normalized spacial score (nSPS) is 25.8. The van der Waals surface area contributed by atoms with E-state index in [4.69, 9.17) is 4.74 Å². The average Bonchev–Trinajstić information content (AvgIpc) is 3.08. The maximum Gasteiger partial charge on any atom is 0.345 e. The van der Waals surface area contributed by atoms with Gasteiger partial charge in [-0.15, -0.1) is 0 Å². The summed E-state index contributed by atoms with van der Waals surface area (Å²) in [6, 6.07) is 0.105. The molecule has 1 N–H and O–H groups in total. The van der Waals surface area contributed by atoms with Crippen molar-refractivity contribution in [2.24, 2.45) is 14.1 Å². The molecule has 8 nitrogen and oxygen atoms in total. The lowest BCUT2D eigenvalue weighted by atomic mass is 10.1. The molecule has 2 fully saturated rings. The minimum atomic E-state index is -0.167. The Balaban J connectivity index is 1.70. The molecular formula is C15H25N5O3. The number of rotatable bonds is 4. The van der Waals surface area contributed by atoms with Crippen LogP contribution in [-0.4, -0.2) is 57.0 Å². The molecule has 2 aliphatic rings. The summed E-state index contributed by atoms with van der Waals surface area (Å²) in [5.41, 5.74) is -0.167. The van der Waals surface area contributed by atoms with Gasteiger partial charge in [0, 0.05) is 33.3 Å². The van der Waals surface area contributed by atoms with Gasteiger partial charge in [-0.1, -0.05) is 0 Å². The molecule has 2 atom stereocenters. The van der Waals surface area contributed by atoms with E-state index in [1.54, 1.807) is 14.1 Å². The molecule has 2 aliphatic heterocycles. The highest BCUT2D eigenvalue weighted by atomic mass is 16.5. The maximum absolute atomic E-state index is 12.8. The third-order valence-electron chi connectivity index (χ3n) is 4.70. The second kappa shape index (κ2) is 6.84. The standard InChI is InChI=1S/C15H25N5O3/c1-18-13(17-19(2)15(18)22)9-20-7-4-3-5-12(14(20)21)16-11-6-8-23-10-11/h11-12,16H,3-10H2,1-2H3. The van der Waals surface area contributed by atoms with Crippen molar-refractivity contribution >= 4 is 5.91 Å². The number of amides is 1. The predicted molar refractivity (Wildman–Crippen MR) is 83.9 cm³/mol. The van der Waals surface area contributed by atoms with Gasteiger partial charge in [-0.3, -0.25) is 9.36 Å². The summed E-state index contributed by atoms with van der Waals surface area (Å²) in [4.78, 5) is 26.5. The fraction of sp³-hybridized carbons (Fsp3) is 0.800. The van der Waals surface area contributed by atoms with Crippen LogP contribution >= 0.6 is 0 Å². The molecule has 0 bridgehead atoms. The zero-order chi connectivity index (χ0) is 16.4. The highest BCUT2D eigenvalue weighted by molar-refractivity contribution is 5.82. The van der Waals surface area contributed by atoms with Crippen LogP contribution in [0.1, 0.15) is 31.5 Å². The Labute approximate surface area is 135 Å². The van der Waals surface area contributed by atoms with E-state index in [0.29, 0.717) is 25.5 Å². The van der Waals surface area contributed by atoms with Crippen LogP contribution in [-0.2, 0) is 30.2 Å². The van der Waals surface area contributed by atoms with E-state index < -0.39 is 0 Å². The fourth-order valence-electron chi connectivity index (χ4n) is 3.29. The Kier molecular flexibility index (Phi) is 4.82. The van der Waals surface area contributed by atoms with Crippen molar-refractivity contribution in [2.45, 2.75) is 44.3 Å². The topological polar surface area (TPSA) is 81.4 Å². The second-order valence-electron chi connectivity index (χ2n) is 6.42. The molecule has 3 rings (SSSR count). The van der Waals surface area contributed by atoms with Gasteiger partial charge in [0.2, 0.25) is 5.91 Å². The van der Waals surface area contributed by atoms with Gasteiger partial charge < -0.3 is 15.0 Å². The summed E-state index contributed by atoms with van der Waals surface area (Å²) >= 11 is 0. The summed E-state index contributed by atoms with van der Waals surface area (Å²) in [5, 5.41) is 7.67. The van der Waals surface area contributed by atoms with Crippen molar-refractivity contribution < 1.29 is 9.53 Å². The number of carbonyl (C=O) groups is 1. The molecule has 1 aromatic heterocycles. The van der Waals surface area contributed by atoms with E-state index in [2.05, 4.69) is 10.4 Å². The number of nitrogens with zero attached hydrogens (tertiary/aromatic N) is 4. The second-order valence-corrected chi connectivity index (χ2v) is 6.42. The van der Waals surface area contributed by atoms with Gasteiger partial charge in [0.25, 0.3) is 0 Å². The SMILES string of the molecule is Cn1nc(CN2CCCCC(NC3CCOC3)C2=O)n(C)c1=O. The minimum absolute atomic E-state index is 0.104. The third-order valence-corrected chi connectivity index (χ3v) is 4.70. The molecule has 0 spiro atoms. The van der Waals surface area contributed by atoms with Crippen LogP contribution in [0.25, 0.3) is 0 Å². The lowest BCUT2D eigenvalue weighted by Crippen LogP contribution is -2.49. The summed E-state index contributed by atoms with van der Waals surface area (Å²) in [6.07, 6.45) is 3.81. The number of carbonyl (C=O) groups excluding carboxylic acids is 1. The minimum Gasteiger partial charge on any atom is -0.380 e. The molecular weight excluding hydrogens is 298 g/mol. The van der Waals surface area contributed by atoms with Crippen molar-refractivity contribution in [3.63, 3.8) is 0 Å². The van der Waals surface area contributed by atoms with Crippen molar-refractivity contribution in [3.8, 4) is 0 Å². The van der Waals surface area contributed by atoms with Gasteiger partial charge in [-0.2, -0.15) is 5.10 Å². The Morgan fingerprint density at radius 3 is 2.74 bits per heavy atom. The number of likely N-dealkylation sites (tertiary alicyclic amines) is 1. The predicted octanol–water partition coefficient (Wildman–Crippen LogP) is -0.622. The summed E-state index contributed by atoms with van der Waals surface area (Å²) in [6.45, 7) is 2.53. The van der Waals surface area contributed by atoms with E-state index in [0.717, 1.165) is 32.3 Å². The van der Waals surface area contributed by atoms with Crippen molar-refractivity contribution in [2.75, 3.05) is 19.8 Å². The number of nitrogens with one attached hydrogen (secondary N) is 1. The largest absolute Gasteiger partial charge is 0.380 e. The number of hydrogen-bond donors (Lipinski definition) is 1. The van der Waals surface area contributed by atoms with Gasteiger partial charge in [0.05, 0.1) is 19.2 Å². The molecule has 8 heteroatoms. The molecule has 0 aromatic carbocycles. The molecule has 23 heavy (non-hydrogen) atoms. The van der Waals surface area contributed by atoms with Crippen LogP contribution in [0, 0.1) is 0 Å². The Morgan fingerprint density at radius 1 is 1.26 bits per heavy atom. The smallest absolute Gasteiger partial charge is 0.345 e. The Morgan fingerprint density at radius 2 is 2.09 bits per heavy atom. The van der Waals surface area contributed by atoms with Crippen LogP contribution in [0.3, 0.4) is 0 Å². The first-order valence-corrected chi connectivity index (χ1v) is 8.27. The molecule has 2 saturated heterocycles. The molecule has 1 aromatic rings. The summed E-state index contributed by atoms with van der Waals surface area (Å²) < 4.78 is 8.20. The summed E-state index contributed by atoms with van der Waals surface area (Å²) in [5.74, 6) is 0.725. The zero-order valence-electron chi connectivity index (χ0n) is 13.8. The lowest BCUT2D eigenvalue weighted by Gasteiger charge is -2.26. The van der Waals surface area contributed by atoms with Gasteiger partial charge in [0.15, 0.2) is 5.82 Å². The monoisotopic (exact) mass is 323 g/mol. The van der Waals surface area contributed by atoms with Crippen LogP contribution < -0.4 is 11.0 Å². The maximum atomic E-state index is 12.8. The lowest BCUT2D eigenvalue weighted by molar-refractivity contribution is -0.133. The molecule has 0 saturated carbocycles. The first kappa shape index (κ1) is 16.2. The molecule has 0 aliphatic carbocycles. The van der Waals surface area contributed by atoms with Crippen LogP contribution in [0.4, 0.5) is 0 Å². The van der Waals surface area contributed by atoms with Gasteiger partial charge in [-0.05, 0) is 25.7 Å². The third kappa shape index (κ3) is 3.48. The average molecular weight is 323 g/mol. The van der Waals surface area contributed by atoms with Crippen LogP contribution in [0.5, 0.6) is 0 Å². The highest BCUT2D eigenvalue weighted by Gasteiger charge is 2.30. The van der Waals surface area contributed by atoms with Crippen molar-refractivity contribution in [3.05, 3.63) is 16.3 Å². The van der Waals surface area contributed by atoms with E-state index in [-0.39, 0.29) is 23.7 Å². The number of hydrogen-bond acceptors (Lipinski definition) is 5. The first-order valence-electron chi connectivity index (χ1n) is 8.27. The molecule has 2 unspecified atom stereocenters. The number of aromatic nitrogens is 3. The molecule has 3 heterocycles. The van der Waals surface area contributed by atoms with Crippen LogP contribution in [0.2, 0.25) is 0 Å². The zero-order valence-corrected chi connectivity index (χ0v) is 13.8. The molecule has 128 valence electrons. The van der Waals surface area contributed by atoms with E-state index >= 15 is 0 Å². The molecule has 0 radical (unpaired) electrons. The first-order chi connectivity index (χ1) is 11.1. The van der Waals surface area contributed by atoms with Gasteiger partial charge in [-0.25, -0.2) is 9.48 Å². The van der Waals surface area contributed by atoms with Crippen LogP contribution in [0.15, 0.2) is 4.79 Å². The van der Waals surface area contributed by atoms with Gasteiger partial charge in [0.1, 0.15) is 0 Å². The van der Waals surface area contributed by atoms with E-state index in [1.807, 2.05) is 4.90 Å². The Hall–Kier alpha value is -1.67. The van der Waals surface area contributed by atoms with Crippen molar-refractivity contribution in [1.82, 2.24) is 24.6 Å². The fourth-order valence-corrected chi connectivity index (χ4v) is 3.29. The highest BCUT2D eigenvalue weighted by Crippen LogP contribution is 2.16. The molecule has 1 amide bonds. The Bertz CT molecular complexity index is 617. The van der Waals surface area contributed by atoms with E-state index in [9.17, 15) is 9.59 Å². The van der Waals surface area contributed by atoms with E-state index in [1.165, 1.54) is 9.25 Å². The van der Waals surface area contributed by atoms with Crippen molar-refractivity contribution in [1.29, 1.82) is 0 Å². The summed E-state index contributed by atoms with van der Waals surface area (Å²) in [7, 11) is 3.32. The quantitative estimate of drug-likeness (QED) is 0.798.